The van der Waals surface area contributed by atoms with Gasteiger partial charge in [-0.3, -0.25) is 4.98 Å². The second-order valence-electron chi connectivity index (χ2n) is 4.56. The number of hydrogen-bond acceptors (Lipinski definition) is 4. The number of anilines is 1. The summed E-state index contributed by atoms with van der Waals surface area (Å²) in [4.78, 5) is 4.12. The molecule has 0 atom stereocenters. The van der Waals surface area contributed by atoms with Gasteiger partial charge in [0, 0.05) is 31.9 Å². The number of halogens is 1. The number of nitrogens with zero attached hydrogens (tertiary/aromatic N) is 2. The van der Waals surface area contributed by atoms with Gasteiger partial charge in [-0.2, -0.15) is 0 Å². The molecule has 0 amide bonds. The van der Waals surface area contributed by atoms with Crippen molar-refractivity contribution in [2.45, 2.75) is 11.3 Å². The number of benzene rings is 1. The molecule has 0 aliphatic rings. The van der Waals surface area contributed by atoms with Crippen LogP contribution in [0.5, 0.6) is 0 Å². The molecule has 0 aliphatic carbocycles. The third kappa shape index (κ3) is 3.53. The van der Waals surface area contributed by atoms with Crippen molar-refractivity contribution in [2.24, 2.45) is 0 Å². The van der Waals surface area contributed by atoms with E-state index in [1.807, 2.05) is 18.2 Å². The van der Waals surface area contributed by atoms with Gasteiger partial charge < -0.3 is 5.73 Å². The monoisotopic (exact) mass is 325 g/mol. The second kappa shape index (κ2) is 6.43. The van der Waals surface area contributed by atoms with E-state index in [1.165, 1.54) is 23.5 Å². The number of hydrogen-bond donors (Lipinski definition) is 1. The van der Waals surface area contributed by atoms with Gasteiger partial charge in [0.1, 0.15) is 4.90 Å². The molecule has 2 rings (SSSR count). The molecule has 0 bridgehead atoms. The minimum Gasteiger partial charge on any atom is -0.398 e. The summed E-state index contributed by atoms with van der Waals surface area (Å²) in [6.45, 7) is 0.296. The molecule has 0 unspecified atom stereocenters. The van der Waals surface area contributed by atoms with E-state index in [1.54, 1.807) is 12.3 Å². The summed E-state index contributed by atoms with van der Waals surface area (Å²) in [7, 11) is -2.22. The van der Waals surface area contributed by atoms with E-state index in [0.717, 1.165) is 5.69 Å². The highest BCUT2D eigenvalue weighted by Crippen LogP contribution is 2.29. The van der Waals surface area contributed by atoms with Gasteiger partial charge in [0.25, 0.3) is 0 Å². The van der Waals surface area contributed by atoms with E-state index in [9.17, 15) is 8.42 Å². The van der Waals surface area contributed by atoms with Crippen LogP contribution in [0.1, 0.15) is 5.69 Å². The Morgan fingerprint density at radius 3 is 2.62 bits per heavy atom. The van der Waals surface area contributed by atoms with Crippen molar-refractivity contribution in [2.75, 3.05) is 19.3 Å². The van der Waals surface area contributed by atoms with Crippen molar-refractivity contribution in [3.63, 3.8) is 0 Å². The molecular formula is C14H16ClN3O2S. The summed E-state index contributed by atoms with van der Waals surface area (Å²) in [5, 5.41) is 0.125. The van der Waals surface area contributed by atoms with Crippen LogP contribution >= 0.6 is 11.6 Å². The maximum atomic E-state index is 12.5. The summed E-state index contributed by atoms with van der Waals surface area (Å²) < 4.78 is 26.3. The lowest BCUT2D eigenvalue weighted by Crippen LogP contribution is -2.30. The zero-order chi connectivity index (χ0) is 15.5. The van der Waals surface area contributed by atoms with Gasteiger partial charge in [0.2, 0.25) is 10.0 Å². The van der Waals surface area contributed by atoms with E-state index in [4.69, 9.17) is 17.3 Å². The molecule has 112 valence electrons. The fraction of sp³-hybridized carbons (Fsp3) is 0.214. The molecule has 2 aromatic rings. The van der Waals surface area contributed by atoms with Crippen LogP contribution < -0.4 is 5.73 Å². The van der Waals surface area contributed by atoms with Crippen LogP contribution in [-0.4, -0.2) is 31.3 Å². The number of sulfonamides is 1. The maximum absolute atomic E-state index is 12.5. The van der Waals surface area contributed by atoms with Crippen molar-refractivity contribution in [1.82, 2.24) is 9.29 Å². The van der Waals surface area contributed by atoms with Gasteiger partial charge in [0.05, 0.1) is 10.7 Å². The van der Waals surface area contributed by atoms with Crippen molar-refractivity contribution < 1.29 is 8.42 Å². The molecule has 2 N–H and O–H groups in total. The highest BCUT2D eigenvalue weighted by atomic mass is 35.5. The Morgan fingerprint density at radius 1 is 1.24 bits per heavy atom. The topological polar surface area (TPSA) is 76.3 Å². The summed E-state index contributed by atoms with van der Waals surface area (Å²) in [6, 6.07) is 10.2. The second-order valence-corrected chi connectivity index (χ2v) is 6.94. The summed E-state index contributed by atoms with van der Waals surface area (Å²) in [5.41, 5.74) is 6.72. The fourth-order valence-corrected chi connectivity index (χ4v) is 3.69. The summed E-state index contributed by atoms with van der Waals surface area (Å²) in [5.74, 6) is 0. The first-order chi connectivity index (χ1) is 9.93. The van der Waals surface area contributed by atoms with Gasteiger partial charge in [-0.25, -0.2) is 12.7 Å². The van der Waals surface area contributed by atoms with Gasteiger partial charge >= 0.3 is 0 Å². The van der Waals surface area contributed by atoms with Crippen LogP contribution in [0.15, 0.2) is 47.5 Å². The SMILES string of the molecule is CN(CCc1ccccn1)S(=O)(=O)c1c(N)cccc1Cl. The molecule has 0 radical (unpaired) electrons. The number of pyridine rings is 1. The Balaban J connectivity index is 2.19. The summed E-state index contributed by atoms with van der Waals surface area (Å²) in [6.07, 6.45) is 2.19. The lowest BCUT2D eigenvalue weighted by molar-refractivity contribution is 0.471. The van der Waals surface area contributed by atoms with Gasteiger partial charge in [-0.05, 0) is 24.3 Å². The highest BCUT2D eigenvalue weighted by molar-refractivity contribution is 7.89. The van der Waals surface area contributed by atoms with E-state index in [0.29, 0.717) is 13.0 Å². The normalized spacial score (nSPS) is 11.8. The number of nitrogens with two attached hydrogens (primary N) is 1. The van der Waals surface area contributed by atoms with Crippen LogP contribution in [0.4, 0.5) is 5.69 Å². The molecule has 21 heavy (non-hydrogen) atoms. The molecule has 0 fully saturated rings. The average molecular weight is 326 g/mol. The largest absolute Gasteiger partial charge is 0.398 e. The van der Waals surface area contributed by atoms with Crippen molar-refractivity contribution >= 4 is 27.3 Å². The van der Waals surface area contributed by atoms with E-state index >= 15 is 0 Å². The number of likely N-dealkylation sites (N-methyl/N-ethyl adjacent to an activating group) is 1. The van der Waals surface area contributed by atoms with Crippen molar-refractivity contribution in [3.8, 4) is 0 Å². The molecule has 0 aliphatic heterocycles. The molecular weight excluding hydrogens is 310 g/mol. The van der Waals surface area contributed by atoms with Crippen LogP contribution in [0, 0.1) is 0 Å². The first-order valence-electron chi connectivity index (χ1n) is 6.33. The zero-order valence-corrected chi connectivity index (χ0v) is 13.1. The van der Waals surface area contributed by atoms with E-state index in [-0.39, 0.29) is 15.6 Å². The Labute approximate surface area is 129 Å². The molecule has 0 saturated carbocycles. The number of rotatable bonds is 5. The molecule has 1 aromatic carbocycles. The van der Waals surface area contributed by atoms with E-state index < -0.39 is 10.0 Å². The first kappa shape index (κ1) is 15.8. The molecule has 7 heteroatoms. The third-order valence-corrected chi connectivity index (χ3v) is 5.48. The van der Waals surface area contributed by atoms with Gasteiger partial charge in [-0.15, -0.1) is 0 Å². The lowest BCUT2D eigenvalue weighted by Gasteiger charge is -2.19. The predicted molar refractivity (Wildman–Crippen MR) is 83.6 cm³/mol. The summed E-state index contributed by atoms with van der Waals surface area (Å²) >= 11 is 5.98. The average Bonchev–Trinajstić information content (AvgIpc) is 2.45. The third-order valence-electron chi connectivity index (χ3n) is 3.07. The van der Waals surface area contributed by atoms with Crippen molar-refractivity contribution in [3.05, 3.63) is 53.3 Å². The lowest BCUT2D eigenvalue weighted by atomic mass is 10.3. The Kier molecular flexibility index (Phi) is 4.82. The van der Waals surface area contributed by atoms with Crippen LogP contribution in [0.2, 0.25) is 5.02 Å². The van der Waals surface area contributed by atoms with Gasteiger partial charge in [-0.1, -0.05) is 23.7 Å². The molecule has 1 aromatic heterocycles. The Bertz CT molecular complexity index is 700. The minimum absolute atomic E-state index is 0.0461. The Hall–Kier alpha value is -1.63. The first-order valence-corrected chi connectivity index (χ1v) is 8.15. The van der Waals surface area contributed by atoms with Gasteiger partial charge in [0.15, 0.2) is 0 Å². The van der Waals surface area contributed by atoms with Crippen LogP contribution in [0.25, 0.3) is 0 Å². The fourth-order valence-electron chi connectivity index (χ4n) is 1.89. The van der Waals surface area contributed by atoms with Crippen LogP contribution in [0.3, 0.4) is 0 Å². The number of nitrogen functional groups attached to an aromatic ring is 1. The smallest absolute Gasteiger partial charge is 0.246 e. The van der Waals surface area contributed by atoms with Crippen LogP contribution in [-0.2, 0) is 16.4 Å². The molecule has 0 saturated heterocycles. The quantitative estimate of drug-likeness (QED) is 0.855. The Morgan fingerprint density at radius 2 is 2.00 bits per heavy atom. The predicted octanol–water partition coefficient (Wildman–Crippen LogP) is 2.18. The standard InChI is InChI=1S/C14H16ClN3O2S/c1-18(10-8-11-5-2-3-9-17-11)21(19,20)14-12(15)6-4-7-13(14)16/h2-7,9H,8,10,16H2,1H3. The molecule has 1 heterocycles. The van der Waals surface area contributed by atoms with Crippen molar-refractivity contribution in [1.29, 1.82) is 0 Å². The number of aromatic nitrogens is 1. The van der Waals surface area contributed by atoms with E-state index in [2.05, 4.69) is 4.98 Å². The molecule has 0 spiro atoms. The zero-order valence-electron chi connectivity index (χ0n) is 11.5. The minimum atomic E-state index is -3.72. The maximum Gasteiger partial charge on any atom is 0.246 e. The molecule has 5 nitrogen and oxygen atoms in total. The highest BCUT2D eigenvalue weighted by Gasteiger charge is 2.25.